The Hall–Kier alpha value is -1.38. The number of nitrogens with one attached hydrogen (secondary N) is 1. The van der Waals surface area contributed by atoms with E-state index in [0.29, 0.717) is 10.9 Å². The fourth-order valence-corrected chi connectivity index (χ4v) is 3.82. The van der Waals surface area contributed by atoms with Gasteiger partial charge in [-0.1, -0.05) is 29.8 Å². The van der Waals surface area contributed by atoms with Crippen molar-refractivity contribution in [1.29, 1.82) is 0 Å². The Balaban J connectivity index is 1.57. The van der Waals surface area contributed by atoms with E-state index in [4.69, 9.17) is 0 Å². The SMILES string of the molecule is Cc1ccc(SCC(=O)Nc2nc(-c3ccc(I)cc3)cs2)cc1. The minimum absolute atomic E-state index is 0.0379. The molecule has 0 spiro atoms. The van der Waals surface area contributed by atoms with E-state index >= 15 is 0 Å². The van der Waals surface area contributed by atoms with Crippen LogP contribution in [0.1, 0.15) is 5.56 Å². The van der Waals surface area contributed by atoms with Gasteiger partial charge in [0.05, 0.1) is 11.4 Å². The molecule has 24 heavy (non-hydrogen) atoms. The zero-order valence-corrected chi connectivity index (χ0v) is 16.7. The number of rotatable bonds is 5. The topological polar surface area (TPSA) is 42.0 Å². The average Bonchev–Trinajstić information content (AvgIpc) is 3.03. The molecule has 0 radical (unpaired) electrons. The lowest BCUT2D eigenvalue weighted by Gasteiger charge is -2.02. The van der Waals surface area contributed by atoms with Gasteiger partial charge < -0.3 is 5.32 Å². The van der Waals surface area contributed by atoms with E-state index in [1.807, 2.05) is 53.9 Å². The zero-order chi connectivity index (χ0) is 16.9. The van der Waals surface area contributed by atoms with Crippen LogP contribution in [0.2, 0.25) is 0 Å². The van der Waals surface area contributed by atoms with Crippen molar-refractivity contribution in [1.82, 2.24) is 4.98 Å². The second-order valence-electron chi connectivity index (χ2n) is 5.19. The monoisotopic (exact) mass is 466 g/mol. The Labute approximate surface area is 163 Å². The van der Waals surface area contributed by atoms with Gasteiger partial charge in [-0.05, 0) is 53.8 Å². The summed E-state index contributed by atoms with van der Waals surface area (Å²) in [5.74, 6) is 0.339. The molecule has 0 unspecified atom stereocenters. The molecule has 1 heterocycles. The van der Waals surface area contributed by atoms with Gasteiger partial charge in [0.25, 0.3) is 0 Å². The maximum Gasteiger partial charge on any atom is 0.236 e. The van der Waals surface area contributed by atoms with Crippen molar-refractivity contribution < 1.29 is 4.79 Å². The fourth-order valence-electron chi connectivity index (χ4n) is 2.02. The second-order valence-corrected chi connectivity index (χ2v) is 8.35. The van der Waals surface area contributed by atoms with Crippen LogP contribution >= 0.6 is 45.7 Å². The molecule has 0 aliphatic rings. The van der Waals surface area contributed by atoms with E-state index in [2.05, 4.69) is 39.8 Å². The van der Waals surface area contributed by atoms with Crippen molar-refractivity contribution in [2.45, 2.75) is 11.8 Å². The number of carbonyl (C=O) groups excluding carboxylic acids is 1. The van der Waals surface area contributed by atoms with Gasteiger partial charge in [-0.15, -0.1) is 23.1 Å². The van der Waals surface area contributed by atoms with E-state index in [0.717, 1.165) is 16.2 Å². The number of thioether (sulfide) groups is 1. The molecule has 2 aromatic carbocycles. The summed E-state index contributed by atoms with van der Waals surface area (Å²) in [7, 11) is 0. The lowest BCUT2D eigenvalue weighted by molar-refractivity contribution is -0.113. The smallest absolute Gasteiger partial charge is 0.236 e. The first-order valence-corrected chi connectivity index (χ1v) is 10.3. The molecule has 0 saturated heterocycles. The summed E-state index contributed by atoms with van der Waals surface area (Å²) in [4.78, 5) is 17.7. The van der Waals surface area contributed by atoms with Crippen LogP contribution in [0.3, 0.4) is 0 Å². The van der Waals surface area contributed by atoms with Gasteiger partial charge in [-0.25, -0.2) is 4.98 Å². The molecule has 1 N–H and O–H groups in total. The third-order valence-corrected chi connectivity index (χ3v) is 5.77. The van der Waals surface area contributed by atoms with E-state index in [9.17, 15) is 4.79 Å². The summed E-state index contributed by atoms with van der Waals surface area (Å²) in [5, 5.41) is 5.47. The minimum atomic E-state index is -0.0379. The quantitative estimate of drug-likeness (QED) is 0.402. The van der Waals surface area contributed by atoms with E-state index in [1.165, 1.54) is 32.2 Å². The number of carbonyl (C=O) groups is 1. The summed E-state index contributed by atoms with van der Waals surface area (Å²) in [6.45, 7) is 2.05. The molecule has 1 aromatic heterocycles. The second kappa shape index (κ2) is 8.13. The number of halogens is 1. The van der Waals surface area contributed by atoms with Crippen LogP contribution in [0.25, 0.3) is 11.3 Å². The van der Waals surface area contributed by atoms with Crippen molar-refractivity contribution in [3.63, 3.8) is 0 Å². The van der Waals surface area contributed by atoms with Crippen molar-refractivity contribution in [3.8, 4) is 11.3 Å². The van der Waals surface area contributed by atoms with E-state index in [1.54, 1.807) is 0 Å². The maximum atomic E-state index is 12.1. The zero-order valence-electron chi connectivity index (χ0n) is 13.0. The third-order valence-electron chi connectivity index (χ3n) is 3.28. The number of nitrogens with zero attached hydrogens (tertiary/aromatic N) is 1. The highest BCUT2D eigenvalue weighted by Crippen LogP contribution is 2.26. The molecule has 0 saturated carbocycles. The maximum absolute atomic E-state index is 12.1. The first-order chi connectivity index (χ1) is 11.6. The number of anilines is 1. The van der Waals surface area contributed by atoms with Gasteiger partial charge in [-0.3, -0.25) is 4.79 Å². The number of amides is 1. The molecule has 3 aromatic rings. The highest BCUT2D eigenvalue weighted by Gasteiger charge is 2.08. The van der Waals surface area contributed by atoms with Crippen molar-refractivity contribution in [3.05, 3.63) is 63.0 Å². The summed E-state index contributed by atoms with van der Waals surface area (Å²) < 4.78 is 1.19. The Morgan fingerprint density at radius 1 is 1.17 bits per heavy atom. The van der Waals surface area contributed by atoms with Gasteiger partial charge in [0.2, 0.25) is 5.91 Å². The third kappa shape index (κ3) is 4.81. The molecule has 0 aliphatic carbocycles. The van der Waals surface area contributed by atoms with Crippen molar-refractivity contribution in [2.75, 3.05) is 11.1 Å². The first kappa shape index (κ1) is 17.4. The molecule has 6 heteroatoms. The summed E-state index contributed by atoms with van der Waals surface area (Å²) in [6.07, 6.45) is 0. The molecular formula is C18H15IN2OS2. The Morgan fingerprint density at radius 2 is 1.88 bits per heavy atom. The van der Waals surface area contributed by atoms with Gasteiger partial charge >= 0.3 is 0 Å². The van der Waals surface area contributed by atoms with Crippen LogP contribution in [-0.2, 0) is 4.79 Å². The molecule has 0 atom stereocenters. The number of aromatic nitrogens is 1. The molecule has 122 valence electrons. The predicted molar refractivity (Wildman–Crippen MR) is 111 cm³/mol. The standard InChI is InChI=1S/C18H15IN2OS2/c1-12-2-8-15(9-3-12)23-11-17(22)21-18-20-16(10-24-18)13-4-6-14(19)7-5-13/h2-10H,11H2,1H3,(H,20,21,22). The van der Waals surface area contributed by atoms with Gasteiger partial charge in [0, 0.05) is 19.4 Å². The van der Waals surface area contributed by atoms with E-state index in [-0.39, 0.29) is 5.91 Å². The molecule has 1 amide bonds. The highest BCUT2D eigenvalue weighted by molar-refractivity contribution is 14.1. The molecule has 3 rings (SSSR count). The van der Waals surface area contributed by atoms with Gasteiger partial charge in [0.1, 0.15) is 0 Å². The van der Waals surface area contributed by atoms with Crippen LogP contribution in [0.5, 0.6) is 0 Å². The van der Waals surface area contributed by atoms with Crippen LogP contribution < -0.4 is 5.32 Å². The van der Waals surface area contributed by atoms with Crippen LogP contribution in [0.4, 0.5) is 5.13 Å². The number of thiazole rings is 1. The van der Waals surface area contributed by atoms with Crippen molar-refractivity contribution in [2.24, 2.45) is 0 Å². The normalized spacial score (nSPS) is 10.6. The van der Waals surface area contributed by atoms with Gasteiger partial charge in [0.15, 0.2) is 5.13 Å². The molecule has 0 fully saturated rings. The number of benzene rings is 2. The largest absolute Gasteiger partial charge is 0.301 e. The molecule has 0 aliphatic heterocycles. The Kier molecular flexibility index (Phi) is 5.91. The summed E-state index contributed by atoms with van der Waals surface area (Å²) in [5.41, 5.74) is 3.16. The lowest BCUT2D eigenvalue weighted by atomic mass is 10.2. The Bertz CT molecular complexity index is 829. The summed E-state index contributed by atoms with van der Waals surface area (Å²) in [6, 6.07) is 16.3. The average molecular weight is 466 g/mol. The number of hydrogen-bond donors (Lipinski definition) is 1. The Morgan fingerprint density at radius 3 is 2.58 bits per heavy atom. The predicted octanol–water partition coefficient (Wildman–Crippen LogP) is 5.45. The highest BCUT2D eigenvalue weighted by atomic mass is 127. The number of hydrogen-bond acceptors (Lipinski definition) is 4. The molecule has 3 nitrogen and oxygen atoms in total. The molecular weight excluding hydrogens is 451 g/mol. The molecule has 0 bridgehead atoms. The number of aryl methyl sites for hydroxylation is 1. The first-order valence-electron chi connectivity index (χ1n) is 7.31. The van der Waals surface area contributed by atoms with Crippen molar-refractivity contribution >= 4 is 56.7 Å². The van der Waals surface area contributed by atoms with Gasteiger partial charge in [-0.2, -0.15) is 0 Å². The lowest BCUT2D eigenvalue weighted by Crippen LogP contribution is -2.13. The van der Waals surface area contributed by atoms with Crippen LogP contribution in [0.15, 0.2) is 58.8 Å². The summed E-state index contributed by atoms with van der Waals surface area (Å²) >= 11 is 5.25. The van der Waals surface area contributed by atoms with Crippen LogP contribution in [0, 0.1) is 10.5 Å². The van der Waals surface area contributed by atoms with Crippen LogP contribution in [-0.4, -0.2) is 16.6 Å². The minimum Gasteiger partial charge on any atom is -0.301 e. The fraction of sp³-hybridized carbons (Fsp3) is 0.111. The van der Waals surface area contributed by atoms with E-state index < -0.39 is 0 Å².